The van der Waals surface area contributed by atoms with Crippen LogP contribution < -0.4 is 5.73 Å². The van der Waals surface area contributed by atoms with Crippen LogP contribution in [0.3, 0.4) is 0 Å². The molecular weight excluding hydrogens is 178 g/mol. The molecule has 0 aromatic carbocycles. The molecule has 1 rings (SSSR count). The van der Waals surface area contributed by atoms with Crippen molar-refractivity contribution in [3.05, 3.63) is 0 Å². The highest BCUT2D eigenvalue weighted by Gasteiger charge is 2.58. The second-order valence-electron chi connectivity index (χ2n) is 5.23. The van der Waals surface area contributed by atoms with E-state index in [4.69, 9.17) is 10.5 Å². The van der Waals surface area contributed by atoms with Gasteiger partial charge in [0.25, 0.3) is 0 Å². The van der Waals surface area contributed by atoms with E-state index in [1.165, 1.54) is 0 Å². The van der Waals surface area contributed by atoms with Gasteiger partial charge in [-0.15, -0.1) is 0 Å². The van der Waals surface area contributed by atoms with Gasteiger partial charge in [-0.1, -0.05) is 13.3 Å². The zero-order valence-corrected chi connectivity index (χ0v) is 9.59. The molecule has 3 nitrogen and oxygen atoms in total. The summed E-state index contributed by atoms with van der Waals surface area (Å²) in [7, 11) is 0. The molecule has 82 valence electrons. The van der Waals surface area contributed by atoms with Crippen molar-refractivity contribution in [2.75, 3.05) is 0 Å². The van der Waals surface area contributed by atoms with E-state index in [2.05, 4.69) is 6.92 Å². The van der Waals surface area contributed by atoms with Gasteiger partial charge in [0.05, 0.1) is 0 Å². The molecule has 0 spiro atoms. The summed E-state index contributed by atoms with van der Waals surface area (Å²) >= 11 is 0. The summed E-state index contributed by atoms with van der Waals surface area (Å²) in [4.78, 5) is 11.7. The topological polar surface area (TPSA) is 52.3 Å². The number of carbonyl (C=O) groups excluding carboxylic acids is 1. The van der Waals surface area contributed by atoms with Crippen LogP contribution in [-0.4, -0.2) is 17.1 Å². The zero-order chi connectivity index (χ0) is 11.0. The summed E-state index contributed by atoms with van der Waals surface area (Å²) in [5.74, 6) is 0.103. The minimum Gasteiger partial charge on any atom is -0.459 e. The van der Waals surface area contributed by atoms with Crippen LogP contribution in [0.25, 0.3) is 0 Å². The molecule has 0 bridgehead atoms. The average Bonchev–Trinajstić information content (AvgIpc) is 2.60. The first kappa shape index (κ1) is 11.5. The Labute approximate surface area is 86.0 Å². The molecule has 14 heavy (non-hydrogen) atoms. The number of esters is 1. The van der Waals surface area contributed by atoms with E-state index < -0.39 is 11.1 Å². The van der Waals surface area contributed by atoms with Crippen molar-refractivity contribution in [2.24, 2.45) is 11.7 Å². The van der Waals surface area contributed by atoms with E-state index in [1.54, 1.807) is 0 Å². The lowest BCUT2D eigenvalue weighted by Crippen LogP contribution is -2.41. The third-order valence-corrected chi connectivity index (χ3v) is 2.57. The maximum absolute atomic E-state index is 11.7. The molecule has 1 saturated carbocycles. The van der Waals surface area contributed by atoms with Crippen molar-refractivity contribution in [3.63, 3.8) is 0 Å². The summed E-state index contributed by atoms with van der Waals surface area (Å²) in [6.07, 6.45) is 2.89. The summed E-state index contributed by atoms with van der Waals surface area (Å²) in [6, 6.07) is 0. The molecule has 2 N–H and O–H groups in total. The van der Waals surface area contributed by atoms with Crippen LogP contribution in [0.2, 0.25) is 0 Å². The smallest absolute Gasteiger partial charge is 0.326 e. The van der Waals surface area contributed by atoms with Crippen LogP contribution in [0.4, 0.5) is 0 Å². The summed E-state index contributed by atoms with van der Waals surface area (Å²) in [5.41, 5.74) is 4.85. The number of nitrogens with two attached hydrogens (primary N) is 1. The van der Waals surface area contributed by atoms with E-state index >= 15 is 0 Å². The van der Waals surface area contributed by atoms with Crippen molar-refractivity contribution in [1.82, 2.24) is 0 Å². The second kappa shape index (κ2) is 3.54. The second-order valence-corrected chi connectivity index (χ2v) is 5.23. The maximum Gasteiger partial charge on any atom is 0.326 e. The number of hydrogen-bond acceptors (Lipinski definition) is 3. The van der Waals surface area contributed by atoms with Crippen LogP contribution in [0, 0.1) is 5.92 Å². The first-order chi connectivity index (χ1) is 6.29. The van der Waals surface area contributed by atoms with Gasteiger partial charge in [0, 0.05) is 0 Å². The van der Waals surface area contributed by atoms with E-state index in [0.717, 1.165) is 19.3 Å². The lowest BCUT2D eigenvalue weighted by molar-refractivity contribution is -0.158. The van der Waals surface area contributed by atoms with Crippen LogP contribution in [-0.2, 0) is 9.53 Å². The Morgan fingerprint density at radius 2 is 2.14 bits per heavy atom. The zero-order valence-electron chi connectivity index (χ0n) is 9.59. The van der Waals surface area contributed by atoms with Crippen molar-refractivity contribution in [3.8, 4) is 0 Å². The molecule has 0 aromatic rings. The van der Waals surface area contributed by atoms with Crippen molar-refractivity contribution in [2.45, 2.75) is 58.1 Å². The highest BCUT2D eigenvalue weighted by atomic mass is 16.6. The Balaban J connectivity index is 2.47. The van der Waals surface area contributed by atoms with Gasteiger partial charge in [-0.05, 0) is 39.5 Å². The van der Waals surface area contributed by atoms with E-state index in [0.29, 0.717) is 5.92 Å². The van der Waals surface area contributed by atoms with Crippen LogP contribution >= 0.6 is 0 Å². The first-order valence-corrected chi connectivity index (χ1v) is 5.32. The number of ether oxygens (including phenoxy) is 1. The minimum absolute atomic E-state index is 0.233. The van der Waals surface area contributed by atoms with Gasteiger partial charge in [-0.25, -0.2) is 0 Å². The van der Waals surface area contributed by atoms with Crippen LogP contribution in [0.1, 0.15) is 47.0 Å². The Hall–Kier alpha value is -0.570. The molecule has 2 unspecified atom stereocenters. The quantitative estimate of drug-likeness (QED) is 0.706. The minimum atomic E-state index is -0.677. The van der Waals surface area contributed by atoms with Crippen molar-refractivity contribution < 1.29 is 9.53 Å². The van der Waals surface area contributed by atoms with Gasteiger partial charge in [0.2, 0.25) is 0 Å². The molecular formula is C11H21NO2. The fraction of sp³-hybridized carbons (Fsp3) is 0.909. The van der Waals surface area contributed by atoms with E-state index in [-0.39, 0.29) is 5.97 Å². The predicted molar refractivity (Wildman–Crippen MR) is 55.8 cm³/mol. The molecule has 3 heteroatoms. The molecule has 0 saturated heterocycles. The van der Waals surface area contributed by atoms with Crippen LogP contribution in [0.15, 0.2) is 0 Å². The highest BCUT2D eigenvalue weighted by Crippen LogP contribution is 2.45. The molecule has 0 heterocycles. The SMILES string of the molecule is CCCC1CC1(N)C(=O)OC(C)(C)C. The lowest BCUT2D eigenvalue weighted by atomic mass is 10.1. The molecule has 1 aliphatic carbocycles. The monoisotopic (exact) mass is 199 g/mol. The van der Waals surface area contributed by atoms with Gasteiger partial charge in [0.1, 0.15) is 11.1 Å². The Kier molecular flexibility index (Phi) is 2.91. The molecule has 1 aliphatic rings. The Morgan fingerprint density at radius 3 is 2.57 bits per heavy atom. The van der Waals surface area contributed by atoms with E-state index in [9.17, 15) is 4.79 Å². The molecule has 2 atom stereocenters. The number of hydrogen-bond donors (Lipinski definition) is 1. The standard InChI is InChI=1S/C11H21NO2/c1-5-6-8-7-11(8,12)9(13)14-10(2,3)4/h8H,5-7,12H2,1-4H3. The van der Waals surface area contributed by atoms with Gasteiger partial charge < -0.3 is 10.5 Å². The average molecular weight is 199 g/mol. The van der Waals surface area contributed by atoms with Crippen molar-refractivity contribution in [1.29, 1.82) is 0 Å². The Morgan fingerprint density at radius 1 is 1.57 bits per heavy atom. The van der Waals surface area contributed by atoms with Gasteiger partial charge >= 0.3 is 5.97 Å². The molecule has 0 radical (unpaired) electrons. The summed E-state index contributed by atoms with van der Waals surface area (Å²) in [5, 5.41) is 0. The lowest BCUT2D eigenvalue weighted by Gasteiger charge is -2.22. The highest BCUT2D eigenvalue weighted by molar-refractivity contribution is 5.85. The number of carbonyl (C=O) groups is 1. The normalized spacial score (nSPS) is 31.4. The molecule has 0 aliphatic heterocycles. The molecule has 0 amide bonds. The summed E-state index contributed by atoms with van der Waals surface area (Å²) in [6.45, 7) is 7.70. The van der Waals surface area contributed by atoms with Gasteiger partial charge in [-0.2, -0.15) is 0 Å². The first-order valence-electron chi connectivity index (χ1n) is 5.32. The third-order valence-electron chi connectivity index (χ3n) is 2.57. The largest absolute Gasteiger partial charge is 0.459 e. The third kappa shape index (κ3) is 2.47. The molecule has 1 fully saturated rings. The number of rotatable bonds is 3. The van der Waals surface area contributed by atoms with E-state index in [1.807, 2.05) is 20.8 Å². The maximum atomic E-state index is 11.7. The fourth-order valence-corrected chi connectivity index (χ4v) is 1.68. The fourth-order valence-electron chi connectivity index (χ4n) is 1.68. The molecule has 0 aromatic heterocycles. The Bertz CT molecular complexity index is 232. The van der Waals surface area contributed by atoms with Crippen LogP contribution in [0.5, 0.6) is 0 Å². The van der Waals surface area contributed by atoms with Gasteiger partial charge in [0.15, 0.2) is 0 Å². The van der Waals surface area contributed by atoms with Gasteiger partial charge in [-0.3, -0.25) is 4.79 Å². The van der Waals surface area contributed by atoms with Crippen molar-refractivity contribution >= 4 is 5.97 Å². The predicted octanol–water partition coefficient (Wildman–Crippen LogP) is 1.85. The summed E-state index contributed by atoms with van der Waals surface area (Å²) < 4.78 is 5.28.